The van der Waals surface area contributed by atoms with E-state index in [1.54, 1.807) is 12.1 Å². The topological polar surface area (TPSA) is 43.1 Å². The first-order chi connectivity index (χ1) is 8.63. The van der Waals surface area contributed by atoms with Crippen molar-refractivity contribution in [2.75, 3.05) is 0 Å². The van der Waals surface area contributed by atoms with Gasteiger partial charge in [-0.15, -0.1) is 11.3 Å². The van der Waals surface area contributed by atoms with Crippen molar-refractivity contribution in [3.8, 4) is 10.8 Å². The number of nitrogens with zero attached hydrogens (tertiary/aromatic N) is 1. The molecule has 0 aliphatic heterocycles. The maximum absolute atomic E-state index is 12.0. The molecule has 0 saturated carbocycles. The third-order valence-corrected chi connectivity index (χ3v) is 3.99. The predicted molar refractivity (Wildman–Crippen MR) is 76.0 cm³/mol. The fourth-order valence-corrected chi connectivity index (χ4v) is 2.81. The fraction of sp³-hybridized carbons (Fsp3) is 0.0769. The van der Waals surface area contributed by atoms with E-state index in [-0.39, 0.29) is 5.43 Å². The lowest BCUT2D eigenvalue weighted by molar-refractivity contribution is 0.618. The third kappa shape index (κ3) is 2.00. The molecule has 0 fully saturated rings. The van der Waals surface area contributed by atoms with E-state index in [4.69, 9.17) is 4.42 Å². The first kappa shape index (κ1) is 11.6. The number of thiazole rings is 1. The number of rotatable bonds is 1. The average molecular weight is 322 g/mol. The first-order valence-electron chi connectivity index (χ1n) is 5.29. The van der Waals surface area contributed by atoms with Crippen molar-refractivity contribution >= 4 is 38.2 Å². The molecule has 0 atom stereocenters. The largest absolute Gasteiger partial charge is 0.453 e. The normalized spacial score (nSPS) is 11.0. The fourth-order valence-electron chi connectivity index (χ4n) is 1.70. The molecule has 3 nitrogen and oxygen atoms in total. The van der Waals surface area contributed by atoms with E-state index in [1.165, 1.54) is 17.4 Å². The Morgan fingerprint density at radius 1 is 1.33 bits per heavy atom. The molecule has 90 valence electrons. The maximum Gasteiger partial charge on any atom is 0.193 e. The zero-order valence-electron chi connectivity index (χ0n) is 9.44. The molecule has 0 saturated heterocycles. The van der Waals surface area contributed by atoms with Crippen LogP contribution in [-0.4, -0.2) is 4.98 Å². The lowest BCUT2D eigenvalue weighted by Crippen LogP contribution is -2.00. The van der Waals surface area contributed by atoms with E-state index in [2.05, 4.69) is 20.9 Å². The highest BCUT2D eigenvalue weighted by Crippen LogP contribution is 2.26. The summed E-state index contributed by atoms with van der Waals surface area (Å²) in [4.78, 5) is 16.4. The SMILES string of the molecule is Cc1csc(-c2cc(=O)c3cc(Br)ccc3o2)n1. The van der Waals surface area contributed by atoms with Crippen LogP contribution in [0.15, 0.2) is 43.3 Å². The molecule has 0 N–H and O–H groups in total. The zero-order valence-corrected chi connectivity index (χ0v) is 11.8. The van der Waals surface area contributed by atoms with Crippen LogP contribution in [0.1, 0.15) is 5.69 Å². The van der Waals surface area contributed by atoms with Gasteiger partial charge in [0.25, 0.3) is 0 Å². The molecule has 2 aromatic heterocycles. The summed E-state index contributed by atoms with van der Waals surface area (Å²) in [6, 6.07) is 6.89. The van der Waals surface area contributed by atoms with Crippen LogP contribution in [0, 0.1) is 6.92 Å². The highest BCUT2D eigenvalue weighted by molar-refractivity contribution is 9.10. The van der Waals surface area contributed by atoms with Crippen LogP contribution < -0.4 is 5.43 Å². The number of benzene rings is 1. The zero-order chi connectivity index (χ0) is 12.7. The summed E-state index contributed by atoms with van der Waals surface area (Å²) in [6.07, 6.45) is 0. The molecule has 0 amide bonds. The average Bonchev–Trinajstić information content (AvgIpc) is 2.77. The van der Waals surface area contributed by atoms with Crippen molar-refractivity contribution in [1.29, 1.82) is 0 Å². The van der Waals surface area contributed by atoms with Gasteiger partial charge in [0.15, 0.2) is 16.2 Å². The molecule has 0 radical (unpaired) electrons. The summed E-state index contributed by atoms with van der Waals surface area (Å²) >= 11 is 4.81. The van der Waals surface area contributed by atoms with Crippen LogP contribution in [0.2, 0.25) is 0 Å². The van der Waals surface area contributed by atoms with E-state index in [1.807, 2.05) is 18.4 Å². The van der Waals surface area contributed by atoms with Gasteiger partial charge in [0, 0.05) is 21.6 Å². The second-order valence-corrected chi connectivity index (χ2v) is 5.68. The summed E-state index contributed by atoms with van der Waals surface area (Å²) < 4.78 is 6.59. The van der Waals surface area contributed by atoms with E-state index in [0.717, 1.165) is 15.2 Å². The number of aryl methyl sites for hydroxylation is 1. The monoisotopic (exact) mass is 321 g/mol. The Morgan fingerprint density at radius 2 is 2.17 bits per heavy atom. The molecule has 0 aliphatic carbocycles. The molecule has 3 aromatic rings. The van der Waals surface area contributed by atoms with Gasteiger partial charge in [-0.05, 0) is 25.1 Å². The number of halogens is 1. The number of hydrogen-bond acceptors (Lipinski definition) is 4. The van der Waals surface area contributed by atoms with E-state index in [9.17, 15) is 4.79 Å². The van der Waals surface area contributed by atoms with Crippen LogP contribution in [0.25, 0.3) is 21.7 Å². The summed E-state index contributed by atoms with van der Waals surface area (Å²) in [5, 5.41) is 3.23. The Labute approximate surface area is 115 Å². The quantitative estimate of drug-likeness (QED) is 0.680. The van der Waals surface area contributed by atoms with Gasteiger partial charge in [-0.2, -0.15) is 0 Å². The van der Waals surface area contributed by atoms with Crippen molar-refractivity contribution in [2.45, 2.75) is 6.92 Å². The minimum absolute atomic E-state index is 0.0552. The minimum atomic E-state index is -0.0552. The summed E-state index contributed by atoms with van der Waals surface area (Å²) in [5.41, 5.74) is 1.45. The van der Waals surface area contributed by atoms with E-state index in [0.29, 0.717) is 16.7 Å². The summed E-state index contributed by atoms with van der Waals surface area (Å²) in [5.74, 6) is 0.521. The molecule has 0 spiro atoms. The van der Waals surface area contributed by atoms with Crippen LogP contribution >= 0.6 is 27.3 Å². The van der Waals surface area contributed by atoms with Crippen molar-refractivity contribution in [1.82, 2.24) is 4.98 Å². The Hall–Kier alpha value is -1.46. The van der Waals surface area contributed by atoms with Crippen molar-refractivity contribution in [3.05, 3.63) is 50.0 Å². The van der Waals surface area contributed by atoms with Crippen LogP contribution in [-0.2, 0) is 0 Å². The minimum Gasteiger partial charge on any atom is -0.453 e. The molecule has 0 aliphatic rings. The van der Waals surface area contributed by atoms with Gasteiger partial charge in [0.2, 0.25) is 0 Å². The molecule has 0 unspecified atom stereocenters. The van der Waals surface area contributed by atoms with Crippen molar-refractivity contribution in [3.63, 3.8) is 0 Å². The van der Waals surface area contributed by atoms with Crippen LogP contribution in [0.3, 0.4) is 0 Å². The lowest BCUT2D eigenvalue weighted by Gasteiger charge is -2.00. The molecule has 0 bridgehead atoms. The molecule has 5 heteroatoms. The molecule has 1 aromatic carbocycles. The smallest absolute Gasteiger partial charge is 0.193 e. The predicted octanol–water partition coefficient (Wildman–Crippen LogP) is 3.99. The number of hydrogen-bond donors (Lipinski definition) is 0. The molecule has 18 heavy (non-hydrogen) atoms. The van der Waals surface area contributed by atoms with Crippen LogP contribution in [0.5, 0.6) is 0 Å². The first-order valence-corrected chi connectivity index (χ1v) is 6.97. The van der Waals surface area contributed by atoms with Gasteiger partial charge >= 0.3 is 0 Å². The van der Waals surface area contributed by atoms with Crippen molar-refractivity contribution < 1.29 is 4.42 Å². The van der Waals surface area contributed by atoms with Gasteiger partial charge < -0.3 is 4.42 Å². The third-order valence-electron chi connectivity index (χ3n) is 2.52. The molecule has 3 rings (SSSR count). The lowest BCUT2D eigenvalue weighted by atomic mass is 10.2. The Bertz CT molecular complexity index is 791. The summed E-state index contributed by atoms with van der Waals surface area (Å²) in [6.45, 7) is 1.91. The maximum atomic E-state index is 12.0. The standard InChI is InChI=1S/C13H8BrNO2S/c1-7-6-18-13(15-7)12-5-10(16)9-4-8(14)2-3-11(9)17-12/h2-6H,1H3. The highest BCUT2D eigenvalue weighted by Gasteiger charge is 2.09. The molecular weight excluding hydrogens is 314 g/mol. The number of aromatic nitrogens is 1. The van der Waals surface area contributed by atoms with E-state index >= 15 is 0 Å². The van der Waals surface area contributed by atoms with Gasteiger partial charge in [-0.3, -0.25) is 4.79 Å². The highest BCUT2D eigenvalue weighted by atomic mass is 79.9. The molecular formula is C13H8BrNO2S. The number of fused-ring (bicyclic) bond motifs is 1. The Kier molecular flexibility index (Phi) is 2.80. The Morgan fingerprint density at radius 3 is 2.89 bits per heavy atom. The van der Waals surface area contributed by atoms with Crippen LogP contribution in [0.4, 0.5) is 0 Å². The van der Waals surface area contributed by atoms with E-state index < -0.39 is 0 Å². The second kappa shape index (κ2) is 4.33. The second-order valence-electron chi connectivity index (χ2n) is 3.91. The summed E-state index contributed by atoms with van der Waals surface area (Å²) in [7, 11) is 0. The molecule has 2 heterocycles. The van der Waals surface area contributed by atoms with Gasteiger partial charge in [-0.25, -0.2) is 4.98 Å². The van der Waals surface area contributed by atoms with Gasteiger partial charge in [0.05, 0.1) is 5.39 Å². The van der Waals surface area contributed by atoms with Gasteiger partial charge in [0.1, 0.15) is 5.58 Å². The van der Waals surface area contributed by atoms with Gasteiger partial charge in [-0.1, -0.05) is 15.9 Å². The Balaban J connectivity index is 2.28. The van der Waals surface area contributed by atoms with Crippen molar-refractivity contribution in [2.24, 2.45) is 0 Å².